The molecule has 1 aromatic carbocycles. The minimum Gasteiger partial charge on any atom is -0.310 e. The number of hydrogen-bond donors (Lipinski definition) is 1. The maximum Gasteiger partial charge on any atom is 0.130 e. The van der Waals surface area contributed by atoms with Crippen LogP contribution in [0.5, 0.6) is 0 Å². The van der Waals surface area contributed by atoms with Crippen LogP contribution in [-0.4, -0.2) is 6.54 Å². The van der Waals surface area contributed by atoms with Gasteiger partial charge in [-0.25, -0.2) is 4.39 Å². The van der Waals surface area contributed by atoms with E-state index in [2.05, 4.69) is 5.32 Å². The molecule has 1 fully saturated rings. The van der Waals surface area contributed by atoms with E-state index in [4.69, 9.17) is 11.6 Å². The van der Waals surface area contributed by atoms with Crippen molar-refractivity contribution in [3.05, 3.63) is 33.6 Å². The zero-order valence-electron chi connectivity index (χ0n) is 9.03. The second-order valence-electron chi connectivity index (χ2n) is 4.16. The molecule has 0 aliphatic carbocycles. The van der Waals surface area contributed by atoms with E-state index in [0.29, 0.717) is 10.6 Å². The van der Waals surface area contributed by atoms with Crippen molar-refractivity contribution in [2.24, 2.45) is 0 Å². The van der Waals surface area contributed by atoms with Gasteiger partial charge in [0, 0.05) is 16.6 Å². The summed E-state index contributed by atoms with van der Waals surface area (Å²) in [6.07, 6.45) is 2.22. The second-order valence-corrected chi connectivity index (χ2v) is 4.57. The van der Waals surface area contributed by atoms with Crippen molar-refractivity contribution in [1.29, 1.82) is 0 Å². The van der Waals surface area contributed by atoms with Crippen LogP contribution in [-0.2, 0) is 0 Å². The van der Waals surface area contributed by atoms with Crippen LogP contribution in [0.4, 0.5) is 4.39 Å². The number of hydrogen-bond acceptors (Lipinski definition) is 1. The quantitative estimate of drug-likeness (QED) is 0.774. The van der Waals surface area contributed by atoms with Crippen molar-refractivity contribution in [2.45, 2.75) is 32.7 Å². The highest BCUT2D eigenvalue weighted by Gasteiger charge is 2.21. The Hall–Kier alpha value is -0.600. The zero-order valence-corrected chi connectivity index (χ0v) is 9.79. The van der Waals surface area contributed by atoms with Crippen LogP contribution < -0.4 is 5.32 Å². The van der Waals surface area contributed by atoms with Gasteiger partial charge in [0.25, 0.3) is 0 Å². The summed E-state index contributed by atoms with van der Waals surface area (Å²) < 4.78 is 13.8. The summed E-state index contributed by atoms with van der Waals surface area (Å²) in [5.41, 5.74) is 2.30. The van der Waals surface area contributed by atoms with Crippen LogP contribution in [0.15, 0.2) is 6.07 Å². The van der Waals surface area contributed by atoms with Crippen molar-refractivity contribution in [3.8, 4) is 0 Å². The van der Waals surface area contributed by atoms with E-state index in [1.54, 1.807) is 6.92 Å². The Morgan fingerprint density at radius 2 is 2.13 bits per heavy atom. The molecule has 0 bridgehead atoms. The molecule has 1 atom stereocenters. The van der Waals surface area contributed by atoms with Gasteiger partial charge < -0.3 is 5.32 Å². The van der Waals surface area contributed by atoms with Crippen LogP contribution in [0.25, 0.3) is 0 Å². The average molecular weight is 228 g/mol. The third-order valence-corrected chi connectivity index (χ3v) is 3.56. The third kappa shape index (κ3) is 1.88. The Labute approximate surface area is 94.6 Å². The Kier molecular flexibility index (Phi) is 2.98. The van der Waals surface area contributed by atoms with Crippen molar-refractivity contribution < 1.29 is 4.39 Å². The number of nitrogens with one attached hydrogen (secondary N) is 1. The molecule has 0 aromatic heterocycles. The summed E-state index contributed by atoms with van der Waals surface area (Å²) in [5.74, 6) is -0.161. The molecular formula is C12H15ClFN. The van der Waals surface area contributed by atoms with E-state index in [9.17, 15) is 4.39 Å². The monoisotopic (exact) mass is 227 g/mol. The van der Waals surface area contributed by atoms with Crippen molar-refractivity contribution in [3.63, 3.8) is 0 Å². The lowest BCUT2D eigenvalue weighted by molar-refractivity contribution is 0.588. The number of benzene rings is 1. The summed E-state index contributed by atoms with van der Waals surface area (Å²) in [6, 6.07) is 2.18. The molecule has 82 valence electrons. The van der Waals surface area contributed by atoms with E-state index >= 15 is 0 Å². The molecule has 0 amide bonds. The first-order valence-electron chi connectivity index (χ1n) is 5.29. The maximum atomic E-state index is 13.8. The SMILES string of the molecule is Cc1c(Cl)cc(C2CCCN2)c(C)c1F. The van der Waals surface area contributed by atoms with Gasteiger partial charge >= 0.3 is 0 Å². The van der Waals surface area contributed by atoms with Gasteiger partial charge in [-0.3, -0.25) is 0 Å². The van der Waals surface area contributed by atoms with Crippen LogP contribution in [0.1, 0.15) is 35.6 Å². The van der Waals surface area contributed by atoms with Gasteiger partial charge in [0.05, 0.1) is 0 Å². The standard InChI is InChI=1S/C12H15ClFN/c1-7-9(11-4-3-5-15-11)6-10(13)8(2)12(7)14/h6,11,15H,3-5H2,1-2H3. The molecule has 1 unspecified atom stereocenters. The predicted molar refractivity (Wildman–Crippen MR) is 60.9 cm³/mol. The summed E-state index contributed by atoms with van der Waals surface area (Å²) in [5, 5.41) is 3.89. The van der Waals surface area contributed by atoms with Gasteiger partial charge in [0.15, 0.2) is 0 Å². The molecule has 1 aliphatic heterocycles. The molecule has 15 heavy (non-hydrogen) atoms. The predicted octanol–water partition coefficient (Wildman–Crippen LogP) is 3.52. The van der Waals surface area contributed by atoms with Gasteiger partial charge in [-0.05, 0) is 50.4 Å². The first-order valence-corrected chi connectivity index (χ1v) is 5.67. The van der Waals surface area contributed by atoms with E-state index in [-0.39, 0.29) is 11.9 Å². The first-order chi connectivity index (χ1) is 7.11. The van der Waals surface area contributed by atoms with Crippen molar-refractivity contribution in [2.75, 3.05) is 6.54 Å². The van der Waals surface area contributed by atoms with Crippen LogP contribution in [0.3, 0.4) is 0 Å². The van der Waals surface area contributed by atoms with Gasteiger partial charge in [0.1, 0.15) is 5.82 Å². The van der Waals surface area contributed by atoms with Gasteiger partial charge in [-0.2, -0.15) is 0 Å². The molecule has 1 nitrogen and oxygen atoms in total. The van der Waals surface area contributed by atoms with Crippen molar-refractivity contribution in [1.82, 2.24) is 5.32 Å². The lowest BCUT2D eigenvalue weighted by atomic mass is 9.97. The average Bonchev–Trinajstić information content (AvgIpc) is 2.73. The Morgan fingerprint density at radius 1 is 1.40 bits per heavy atom. The van der Waals surface area contributed by atoms with Crippen LogP contribution in [0.2, 0.25) is 5.02 Å². The molecule has 1 N–H and O–H groups in total. The summed E-state index contributed by atoms with van der Waals surface area (Å²) in [7, 11) is 0. The Morgan fingerprint density at radius 3 is 2.73 bits per heavy atom. The Bertz CT molecular complexity index is 384. The Balaban J connectivity index is 2.47. The molecule has 1 saturated heterocycles. The minimum absolute atomic E-state index is 0.161. The van der Waals surface area contributed by atoms with E-state index in [1.165, 1.54) is 0 Å². The molecule has 0 radical (unpaired) electrons. The molecule has 0 spiro atoms. The van der Waals surface area contributed by atoms with Gasteiger partial charge in [0.2, 0.25) is 0 Å². The number of rotatable bonds is 1. The van der Waals surface area contributed by atoms with Gasteiger partial charge in [-0.1, -0.05) is 11.6 Å². The summed E-state index contributed by atoms with van der Waals surface area (Å²) in [6.45, 7) is 4.56. The fourth-order valence-electron chi connectivity index (χ4n) is 2.18. The highest BCUT2D eigenvalue weighted by molar-refractivity contribution is 6.31. The summed E-state index contributed by atoms with van der Waals surface area (Å²) in [4.78, 5) is 0. The van der Waals surface area contributed by atoms with Crippen LogP contribution in [0, 0.1) is 19.7 Å². The second kappa shape index (κ2) is 4.11. The van der Waals surface area contributed by atoms with Crippen LogP contribution >= 0.6 is 11.6 Å². The van der Waals surface area contributed by atoms with E-state index < -0.39 is 0 Å². The molecule has 1 heterocycles. The molecule has 0 saturated carbocycles. The lowest BCUT2D eigenvalue weighted by Crippen LogP contribution is -2.15. The largest absolute Gasteiger partial charge is 0.310 e. The molecule has 1 aromatic rings. The zero-order chi connectivity index (χ0) is 11.0. The van der Waals surface area contributed by atoms with E-state index in [1.807, 2.05) is 13.0 Å². The third-order valence-electron chi connectivity index (χ3n) is 3.17. The first kappa shape index (κ1) is 10.9. The normalized spacial score (nSPS) is 20.9. The topological polar surface area (TPSA) is 12.0 Å². The molecule has 3 heteroatoms. The highest BCUT2D eigenvalue weighted by Crippen LogP contribution is 2.32. The highest BCUT2D eigenvalue weighted by atomic mass is 35.5. The van der Waals surface area contributed by atoms with Gasteiger partial charge in [-0.15, -0.1) is 0 Å². The smallest absolute Gasteiger partial charge is 0.130 e. The lowest BCUT2D eigenvalue weighted by Gasteiger charge is -2.16. The fourth-order valence-corrected chi connectivity index (χ4v) is 2.38. The number of halogens is 2. The molecular weight excluding hydrogens is 213 g/mol. The minimum atomic E-state index is -0.161. The van der Waals surface area contributed by atoms with E-state index in [0.717, 1.165) is 30.5 Å². The van der Waals surface area contributed by atoms with Crippen molar-refractivity contribution >= 4 is 11.6 Å². The fraction of sp³-hybridized carbons (Fsp3) is 0.500. The maximum absolute atomic E-state index is 13.8. The molecule has 2 rings (SSSR count). The summed E-state index contributed by atoms with van der Waals surface area (Å²) >= 11 is 6.00. The molecule has 1 aliphatic rings.